The summed E-state index contributed by atoms with van der Waals surface area (Å²) in [5.41, 5.74) is 0.650. The van der Waals surface area contributed by atoms with Crippen molar-refractivity contribution in [3.8, 4) is 0 Å². The number of carbonyl (C=O) groups excluding carboxylic acids is 1. The molecule has 0 bridgehead atoms. The predicted octanol–water partition coefficient (Wildman–Crippen LogP) is 1.80. The molecule has 2 heterocycles. The maximum atomic E-state index is 11.7. The molecule has 0 saturated heterocycles. The van der Waals surface area contributed by atoms with E-state index in [9.17, 15) is 4.79 Å². The molecule has 0 fully saturated rings. The molecule has 0 saturated carbocycles. The highest BCUT2D eigenvalue weighted by Crippen LogP contribution is 2.09. The number of aryl methyl sites for hydroxylation is 1. The monoisotopic (exact) mass is 202 g/mol. The summed E-state index contributed by atoms with van der Waals surface area (Å²) in [6.45, 7) is 1.80. The first-order chi connectivity index (χ1) is 7.25. The van der Waals surface area contributed by atoms with Gasteiger partial charge in [-0.2, -0.15) is 10.2 Å². The Labute approximate surface area is 86.9 Å². The second kappa shape index (κ2) is 4.04. The number of carbonyl (C=O) groups is 1. The third-order valence-electron chi connectivity index (χ3n) is 1.98. The first-order valence-corrected chi connectivity index (χ1v) is 4.62. The van der Waals surface area contributed by atoms with Crippen LogP contribution < -0.4 is 0 Å². The molecule has 2 aromatic rings. The lowest BCUT2D eigenvalue weighted by atomic mass is 10.2. The van der Waals surface area contributed by atoms with Gasteiger partial charge in [-0.05, 0) is 31.2 Å². The summed E-state index contributed by atoms with van der Waals surface area (Å²) in [5, 5.41) is 7.54. The maximum absolute atomic E-state index is 11.7. The van der Waals surface area contributed by atoms with Gasteiger partial charge in [-0.1, -0.05) is 0 Å². The quantitative estimate of drug-likeness (QED) is 0.712. The van der Waals surface area contributed by atoms with Crippen LogP contribution in [0.5, 0.6) is 0 Å². The van der Waals surface area contributed by atoms with E-state index < -0.39 is 0 Å². The lowest BCUT2D eigenvalue weighted by Crippen LogP contribution is -2.04. The minimum Gasteiger partial charge on any atom is -0.458 e. The van der Waals surface area contributed by atoms with Crippen molar-refractivity contribution in [1.82, 2.24) is 10.2 Å². The van der Waals surface area contributed by atoms with E-state index in [4.69, 9.17) is 4.42 Å². The van der Waals surface area contributed by atoms with Crippen LogP contribution in [0.3, 0.4) is 0 Å². The molecule has 0 aliphatic rings. The molecule has 0 unspecified atom stereocenters. The Morgan fingerprint density at radius 1 is 1.40 bits per heavy atom. The molecule has 4 nitrogen and oxygen atoms in total. The number of furan rings is 1. The molecule has 15 heavy (non-hydrogen) atoms. The smallest absolute Gasteiger partial charge is 0.203 e. The second-order valence-corrected chi connectivity index (χ2v) is 3.23. The number of hydrogen-bond donors (Lipinski definition) is 0. The van der Waals surface area contributed by atoms with Gasteiger partial charge in [0.25, 0.3) is 0 Å². The summed E-state index contributed by atoms with van der Waals surface area (Å²) in [4.78, 5) is 11.7. The van der Waals surface area contributed by atoms with Gasteiger partial charge in [0, 0.05) is 6.20 Å². The fourth-order valence-electron chi connectivity index (χ4n) is 1.26. The minimum atomic E-state index is -0.0800. The summed E-state index contributed by atoms with van der Waals surface area (Å²) >= 11 is 0. The Morgan fingerprint density at radius 2 is 2.27 bits per heavy atom. The number of rotatable bonds is 3. The van der Waals surface area contributed by atoms with E-state index in [2.05, 4.69) is 10.2 Å². The van der Waals surface area contributed by atoms with Crippen LogP contribution in [0, 0.1) is 6.92 Å². The van der Waals surface area contributed by atoms with Crippen LogP contribution >= 0.6 is 0 Å². The molecular formula is C11H10N2O2. The molecule has 0 N–H and O–H groups in total. The van der Waals surface area contributed by atoms with Crippen LogP contribution in [0.1, 0.15) is 22.0 Å². The maximum Gasteiger partial charge on any atom is 0.203 e. The van der Waals surface area contributed by atoms with E-state index >= 15 is 0 Å². The fraction of sp³-hybridized carbons (Fsp3) is 0.182. The molecule has 0 aliphatic heterocycles. The van der Waals surface area contributed by atoms with Gasteiger partial charge in [0.2, 0.25) is 5.78 Å². The Morgan fingerprint density at radius 3 is 2.87 bits per heavy atom. The van der Waals surface area contributed by atoms with Crippen LogP contribution in [0.4, 0.5) is 0 Å². The molecule has 2 rings (SSSR count). The zero-order chi connectivity index (χ0) is 10.7. The van der Waals surface area contributed by atoms with Crippen molar-refractivity contribution < 1.29 is 9.21 Å². The summed E-state index contributed by atoms with van der Waals surface area (Å²) in [6.07, 6.45) is 1.80. The Balaban J connectivity index is 2.11. The van der Waals surface area contributed by atoms with Crippen molar-refractivity contribution >= 4 is 5.78 Å². The van der Waals surface area contributed by atoms with E-state index in [0.29, 0.717) is 11.5 Å². The molecule has 0 radical (unpaired) electrons. The van der Waals surface area contributed by atoms with Crippen molar-refractivity contribution in [2.75, 3.05) is 0 Å². The average Bonchev–Trinajstić information content (AvgIpc) is 2.66. The fourth-order valence-corrected chi connectivity index (χ4v) is 1.26. The first-order valence-electron chi connectivity index (χ1n) is 4.62. The molecule has 0 atom stereocenters. The minimum absolute atomic E-state index is 0.0800. The molecule has 0 aliphatic carbocycles. The molecule has 76 valence electrons. The lowest BCUT2D eigenvalue weighted by Gasteiger charge is -1.95. The largest absolute Gasteiger partial charge is 0.458 e. The third-order valence-corrected chi connectivity index (χ3v) is 1.98. The van der Waals surface area contributed by atoms with E-state index in [1.54, 1.807) is 37.4 Å². The van der Waals surface area contributed by atoms with E-state index in [0.717, 1.165) is 5.76 Å². The zero-order valence-electron chi connectivity index (χ0n) is 8.30. The van der Waals surface area contributed by atoms with Crippen molar-refractivity contribution in [2.24, 2.45) is 0 Å². The normalized spacial score (nSPS) is 10.2. The van der Waals surface area contributed by atoms with Crippen molar-refractivity contribution in [3.05, 3.63) is 47.7 Å². The topological polar surface area (TPSA) is 56.0 Å². The zero-order valence-corrected chi connectivity index (χ0v) is 8.30. The van der Waals surface area contributed by atoms with Crippen LogP contribution in [0.2, 0.25) is 0 Å². The van der Waals surface area contributed by atoms with Gasteiger partial charge in [0.15, 0.2) is 5.76 Å². The molecular weight excluding hydrogens is 192 g/mol. The van der Waals surface area contributed by atoms with Gasteiger partial charge < -0.3 is 4.42 Å². The molecule has 0 aromatic carbocycles. The van der Waals surface area contributed by atoms with Crippen LogP contribution in [-0.2, 0) is 6.42 Å². The highest BCUT2D eigenvalue weighted by Gasteiger charge is 2.11. The Hall–Kier alpha value is -1.97. The van der Waals surface area contributed by atoms with Crippen LogP contribution in [-0.4, -0.2) is 16.0 Å². The van der Waals surface area contributed by atoms with Crippen molar-refractivity contribution in [3.63, 3.8) is 0 Å². The number of ketones is 1. The standard InChI is InChI=1S/C11H10N2O2/c1-8-4-5-11(15-8)10(14)7-9-3-2-6-12-13-9/h2-6H,7H2,1H3. The van der Waals surface area contributed by atoms with E-state index in [1.807, 2.05) is 0 Å². The number of aromatic nitrogens is 2. The Bertz CT molecular complexity index is 462. The highest BCUT2D eigenvalue weighted by atomic mass is 16.3. The van der Waals surface area contributed by atoms with E-state index in [1.165, 1.54) is 0 Å². The third kappa shape index (κ3) is 2.28. The van der Waals surface area contributed by atoms with Gasteiger partial charge in [-0.15, -0.1) is 0 Å². The van der Waals surface area contributed by atoms with Gasteiger partial charge >= 0.3 is 0 Å². The molecule has 2 aromatic heterocycles. The summed E-state index contributed by atoms with van der Waals surface area (Å²) in [7, 11) is 0. The van der Waals surface area contributed by atoms with Gasteiger partial charge in [-0.25, -0.2) is 0 Å². The first kappa shape index (κ1) is 9.58. The van der Waals surface area contributed by atoms with Crippen molar-refractivity contribution in [1.29, 1.82) is 0 Å². The van der Waals surface area contributed by atoms with Crippen molar-refractivity contribution in [2.45, 2.75) is 13.3 Å². The lowest BCUT2D eigenvalue weighted by molar-refractivity contribution is 0.0964. The number of nitrogens with zero attached hydrogens (tertiary/aromatic N) is 2. The number of Topliss-reactive ketones (excluding diaryl/α,β-unsaturated/α-hetero) is 1. The molecule has 4 heteroatoms. The van der Waals surface area contributed by atoms with Gasteiger partial charge in [-0.3, -0.25) is 4.79 Å². The van der Waals surface area contributed by atoms with Crippen LogP contribution in [0.25, 0.3) is 0 Å². The predicted molar refractivity (Wildman–Crippen MR) is 53.5 cm³/mol. The molecule has 0 spiro atoms. The highest BCUT2D eigenvalue weighted by molar-refractivity contribution is 5.94. The summed E-state index contributed by atoms with van der Waals surface area (Å²) in [6, 6.07) is 6.96. The average molecular weight is 202 g/mol. The second-order valence-electron chi connectivity index (χ2n) is 3.23. The van der Waals surface area contributed by atoms with Crippen LogP contribution in [0.15, 0.2) is 34.9 Å². The van der Waals surface area contributed by atoms with E-state index in [-0.39, 0.29) is 12.2 Å². The van der Waals surface area contributed by atoms with Gasteiger partial charge in [0.05, 0.1) is 12.1 Å². The van der Waals surface area contributed by atoms with Gasteiger partial charge in [0.1, 0.15) is 5.76 Å². The summed E-state index contributed by atoms with van der Waals surface area (Å²) < 4.78 is 5.22. The summed E-state index contributed by atoms with van der Waals surface area (Å²) in [5.74, 6) is 1.03. The SMILES string of the molecule is Cc1ccc(C(=O)Cc2cccnn2)o1. The molecule has 0 amide bonds. The Kier molecular flexibility index (Phi) is 2.58. The number of hydrogen-bond acceptors (Lipinski definition) is 4.